The van der Waals surface area contributed by atoms with E-state index in [1.54, 1.807) is 19.2 Å². The molecule has 1 amide bonds. The van der Waals surface area contributed by atoms with E-state index in [0.717, 1.165) is 63.8 Å². The van der Waals surface area contributed by atoms with Crippen LogP contribution in [0.5, 0.6) is 11.5 Å². The maximum atomic E-state index is 13.8. The molecule has 8 heteroatoms. The van der Waals surface area contributed by atoms with Gasteiger partial charge in [0.1, 0.15) is 11.5 Å². The van der Waals surface area contributed by atoms with Crippen molar-refractivity contribution in [1.29, 1.82) is 0 Å². The van der Waals surface area contributed by atoms with E-state index in [2.05, 4.69) is 53.3 Å². The highest BCUT2D eigenvalue weighted by atomic mass is 32.2. The Morgan fingerprint density at radius 3 is 2.50 bits per heavy atom. The number of hydrogen-bond donors (Lipinski definition) is 1. The summed E-state index contributed by atoms with van der Waals surface area (Å²) in [5.74, 6) is 1.96. The number of imidazole rings is 1. The lowest BCUT2D eigenvalue weighted by Gasteiger charge is -2.29. The number of hydrogen-bond acceptors (Lipinski definition) is 6. The maximum Gasteiger partial charge on any atom is 0.253 e. The molecular formula is C32H32N4O3S. The number of carbonyl (C=O) groups excluding carboxylic acids is 1. The summed E-state index contributed by atoms with van der Waals surface area (Å²) in [7, 11) is 3.33. The van der Waals surface area contributed by atoms with Gasteiger partial charge in [0.15, 0.2) is 5.16 Å². The number of aromatic amines is 1. The first-order valence-corrected chi connectivity index (χ1v) is 14.5. The molecule has 1 aliphatic carbocycles. The van der Waals surface area contributed by atoms with E-state index < -0.39 is 0 Å². The lowest BCUT2D eigenvalue weighted by molar-refractivity contribution is -0.130. The van der Waals surface area contributed by atoms with Crippen molar-refractivity contribution in [2.45, 2.75) is 37.4 Å². The average molecular weight is 553 g/mol. The summed E-state index contributed by atoms with van der Waals surface area (Å²) in [5.41, 5.74) is 7.41. The highest BCUT2D eigenvalue weighted by Crippen LogP contribution is 2.45. The second-order valence-electron chi connectivity index (χ2n) is 10.2. The largest absolute Gasteiger partial charge is 0.497 e. The SMILES string of the molecule is COc1ccc(C=C2CCCC3C2=NN(C(=O)CSc2nc4ccc(C)cc4[nH]2)C3c2ccc(OC)cc2)cc1. The number of H-pyrrole nitrogens is 1. The molecule has 1 fully saturated rings. The van der Waals surface area contributed by atoms with E-state index in [-0.39, 0.29) is 23.6 Å². The fourth-order valence-corrected chi connectivity index (χ4v) is 6.34. The molecule has 2 heterocycles. The minimum Gasteiger partial charge on any atom is -0.497 e. The zero-order chi connectivity index (χ0) is 27.6. The van der Waals surface area contributed by atoms with E-state index in [1.807, 2.05) is 36.4 Å². The van der Waals surface area contributed by atoms with Crippen molar-refractivity contribution in [3.05, 3.63) is 89.0 Å². The zero-order valence-electron chi connectivity index (χ0n) is 22.9. The Kier molecular flexibility index (Phi) is 7.34. The van der Waals surface area contributed by atoms with Crippen molar-refractivity contribution >= 4 is 40.5 Å². The monoisotopic (exact) mass is 552 g/mol. The third-order valence-corrected chi connectivity index (χ3v) is 8.48. The molecule has 2 atom stereocenters. The predicted molar refractivity (Wildman–Crippen MR) is 160 cm³/mol. The quantitative estimate of drug-likeness (QED) is 0.255. The number of nitrogens with one attached hydrogen (secondary N) is 1. The molecule has 1 N–H and O–H groups in total. The van der Waals surface area contributed by atoms with Gasteiger partial charge in [-0.25, -0.2) is 9.99 Å². The number of aryl methyl sites for hydroxylation is 1. The first-order valence-electron chi connectivity index (χ1n) is 13.5. The van der Waals surface area contributed by atoms with Crippen LogP contribution in [0.25, 0.3) is 17.1 Å². The summed E-state index contributed by atoms with van der Waals surface area (Å²) < 4.78 is 10.7. The second kappa shape index (κ2) is 11.2. The van der Waals surface area contributed by atoms with Crippen LogP contribution in [0.1, 0.15) is 42.0 Å². The molecule has 204 valence electrons. The zero-order valence-corrected chi connectivity index (χ0v) is 23.7. The number of thioether (sulfide) groups is 1. The Hall–Kier alpha value is -4.04. The Morgan fingerprint density at radius 2 is 1.77 bits per heavy atom. The molecule has 1 aliphatic heterocycles. The number of carbonyl (C=O) groups is 1. The summed E-state index contributed by atoms with van der Waals surface area (Å²) in [4.78, 5) is 21.8. The smallest absolute Gasteiger partial charge is 0.253 e. The van der Waals surface area contributed by atoms with Gasteiger partial charge in [0.2, 0.25) is 0 Å². The van der Waals surface area contributed by atoms with Gasteiger partial charge in [-0.3, -0.25) is 4.79 Å². The van der Waals surface area contributed by atoms with Crippen LogP contribution in [-0.2, 0) is 4.79 Å². The highest BCUT2D eigenvalue weighted by molar-refractivity contribution is 7.99. The summed E-state index contributed by atoms with van der Waals surface area (Å²) in [6.45, 7) is 2.05. The van der Waals surface area contributed by atoms with Crippen molar-refractivity contribution in [3.63, 3.8) is 0 Å². The van der Waals surface area contributed by atoms with Gasteiger partial charge in [-0.15, -0.1) is 0 Å². The van der Waals surface area contributed by atoms with E-state index in [0.29, 0.717) is 0 Å². The normalized spacial score (nSPS) is 19.5. The average Bonchev–Trinajstić information content (AvgIpc) is 3.58. The molecule has 0 saturated heterocycles. The number of allylic oxidation sites excluding steroid dienone is 1. The lowest BCUT2D eigenvalue weighted by atomic mass is 9.77. The van der Waals surface area contributed by atoms with Gasteiger partial charge >= 0.3 is 0 Å². The Labute approximate surface area is 238 Å². The summed E-state index contributed by atoms with van der Waals surface area (Å²) >= 11 is 1.42. The molecular weight excluding hydrogens is 520 g/mol. The van der Waals surface area contributed by atoms with Crippen molar-refractivity contribution in [2.24, 2.45) is 11.0 Å². The number of ether oxygens (including phenoxy) is 2. The van der Waals surface area contributed by atoms with Gasteiger partial charge in [-0.2, -0.15) is 5.10 Å². The van der Waals surface area contributed by atoms with Gasteiger partial charge in [-0.1, -0.05) is 42.1 Å². The topological polar surface area (TPSA) is 79.8 Å². The number of benzene rings is 3. The van der Waals surface area contributed by atoms with E-state index in [4.69, 9.17) is 14.6 Å². The molecule has 40 heavy (non-hydrogen) atoms. The van der Waals surface area contributed by atoms with Crippen LogP contribution >= 0.6 is 11.8 Å². The van der Waals surface area contributed by atoms with Crippen molar-refractivity contribution in [1.82, 2.24) is 15.0 Å². The number of nitrogens with zero attached hydrogens (tertiary/aromatic N) is 3. The van der Waals surface area contributed by atoms with Crippen molar-refractivity contribution in [3.8, 4) is 11.5 Å². The van der Waals surface area contributed by atoms with Gasteiger partial charge < -0.3 is 14.5 Å². The molecule has 0 bridgehead atoms. The van der Waals surface area contributed by atoms with Crippen LogP contribution in [-0.4, -0.2) is 46.6 Å². The predicted octanol–water partition coefficient (Wildman–Crippen LogP) is 6.80. The molecule has 1 aromatic heterocycles. The summed E-state index contributed by atoms with van der Waals surface area (Å²) in [5, 5.41) is 7.47. The van der Waals surface area contributed by atoms with E-state index in [9.17, 15) is 4.79 Å². The third kappa shape index (κ3) is 5.23. The van der Waals surface area contributed by atoms with E-state index >= 15 is 0 Å². The van der Waals surface area contributed by atoms with Gasteiger partial charge in [-0.05, 0) is 90.9 Å². The molecule has 4 aromatic rings. The van der Waals surface area contributed by atoms with Crippen molar-refractivity contribution < 1.29 is 14.3 Å². The van der Waals surface area contributed by atoms with E-state index in [1.165, 1.54) is 22.9 Å². The summed E-state index contributed by atoms with van der Waals surface area (Å²) in [6.07, 6.45) is 5.17. The molecule has 0 radical (unpaired) electrons. The molecule has 3 aromatic carbocycles. The molecule has 2 unspecified atom stereocenters. The lowest BCUT2D eigenvalue weighted by Crippen LogP contribution is -2.32. The number of hydrazone groups is 1. The number of rotatable bonds is 7. The fourth-order valence-electron chi connectivity index (χ4n) is 5.61. The van der Waals surface area contributed by atoms with Crippen LogP contribution in [0.15, 0.2) is 82.6 Å². The van der Waals surface area contributed by atoms with Gasteiger partial charge in [0.05, 0.1) is 42.8 Å². The minimum absolute atomic E-state index is 0.0341. The Bertz CT molecular complexity index is 1590. The Morgan fingerprint density at radius 1 is 1.05 bits per heavy atom. The minimum atomic E-state index is -0.160. The first kappa shape index (κ1) is 26.2. The van der Waals surface area contributed by atoms with Crippen LogP contribution in [0.3, 0.4) is 0 Å². The van der Waals surface area contributed by atoms with Gasteiger partial charge in [0, 0.05) is 5.92 Å². The van der Waals surface area contributed by atoms with Crippen LogP contribution in [0, 0.1) is 12.8 Å². The third-order valence-electron chi connectivity index (χ3n) is 7.62. The summed E-state index contributed by atoms with van der Waals surface area (Å²) in [6, 6.07) is 22.0. The van der Waals surface area contributed by atoms with Gasteiger partial charge in [0.25, 0.3) is 5.91 Å². The Balaban J connectivity index is 1.30. The van der Waals surface area contributed by atoms with Crippen LogP contribution in [0.2, 0.25) is 0 Å². The highest BCUT2D eigenvalue weighted by Gasteiger charge is 2.43. The van der Waals surface area contributed by atoms with Crippen LogP contribution < -0.4 is 9.47 Å². The van der Waals surface area contributed by atoms with Crippen LogP contribution in [0.4, 0.5) is 0 Å². The number of methoxy groups -OCH3 is 2. The maximum absolute atomic E-state index is 13.8. The van der Waals surface area contributed by atoms with Crippen molar-refractivity contribution in [2.75, 3.05) is 20.0 Å². The molecule has 1 saturated carbocycles. The molecule has 6 rings (SSSR count). The molecule has 0 spiro atoms. The molecule has 2 aliphatic rings. The number of fused-ring (bicyclic) bond motifs is 2. The first-order chi connectivity index (χ1) is 19.5. The second-order valence-corrected chi connectivity index (χ2v) is 11.2. The number of aromatic nitrogens is 2. The fraction of sp³-hybridized carbons (Fsp3) is 0.281. The standard InChI is InChI=1S/C32H32N4O3S/c1-20-7-16-27-28(17-20)34-32(33-27)40-19-29(37)36-31(22-10-14-25(39-3)15-11-22)26-6-4-5-23(30(26)35-36)18-21-8-12-24(38-2)13-9-21/h7-18,26,31H,4-6,19H2,1-3H3,(H,33,34). The molecule has 7 nitrogen and oxygen atoms in total. The number of amides is 1.